The summed E-state index contributed by atoms with van der Waals surface area (Å²) in [7, 11) is 0. The first-order chi connectivity index (χ1) is 8.36. The Bertz CT molecular complexity index is 665. The fourth-order valence-electron chi connectivity index (χ4n) is 1.99. The minimum Gasteiger partial charge on any atom is -0.361 e. The number of carbonyl (C=O) groups excluding carboxylic acids is 1. The van der Waals surface area contributed by atoms with Crippen LogP contribution in [-0.2, 0) is 0 Å². The van der Waals surface area contributed by atoms with Crippen molar-refractivity contribution in [2.75, 3.05) is 0 Å². The average Bonchev–Trinajstić information content (AvgIpc) is 2.86. The lowest BCUT2D eigenvalue weighted by Gasteiger charge is -2.02. The molecule has 0 fully saturated rings. The van der Waals surface area contributed by atoms with Gasteiger partial charge in [0.1, 0.15) is 6.29 Å². The molecule has 17 heavy (non-hydrogen) atoms. The van der Waals surface area contributed by atoms with Crippen LogP contribution in [0.5, 0.6) is 0 Å². The number of benzene rings is 2. The van der Waals surface area contributed by atoms with Crippen molar-refractivity contribution in [2.45, 2.75) is 0 Å². The summed E-state index contributed by atoms with van der Waals surface area (Å²) in [5.41, 5.74) is 4.13. The summed E-state index contributed by atoms with van der Waals surface area (Å²) in [4.78, 5) is 13.8. The van der Waals surface area contributed by atoms with E-state index in [0.717, 1.165) is 22.9 Å². The van der Waals surface area contributed by atoms with Crippen LogP contribution in [0.25, 0.3) is 22.0 Å². The molecule has 3 aromatic rings. The lowest BCUT2D eigenvalue weighted by molar-refractivity contribution is 0.112. The van der Waals surface area contributed by atoms with Crippen molar-refractivity contribution in [3.63, 3.8) is 0 Å². The van der Waals surface area contributed by atoms with E-state index in [1.807, 2.05) is 30.5 Å². The van der Waals surface area contributed by atoms with E-state index in [-0.39, 0.29) is 0 Å². The van der Waals surface area contributed by atoms with Gasteiger partial charge in [0.15, 0.2) is 0 Å². The number of rotatable bonds is 2. The van der Waals surface area contributed by atoms with Gasteiger partial charge >= 0.3 is 0 Å². The van der Waals surface area contributed by atoms with Crippen molar-refractivity contribution in [1.29, 1.82) is 0 Å². The van der Waals surface area contributed by atoms with E-state index in [4.69, 9.17) is 0 Å². The predicted octanol–water partition coefficient (Wildman–Crippen LogP) is 3.65. The predicted molar refractivity (Wildman–Crippen MR) is 69.1 cm³/mol. The molecule has 0 spiro atoms. The maximum atomic E-state index is 10.6. The SMILES string of the molecule is O=Cc1ccc(-c2ccc3[nH]ccc3c2)cc1. The van der Waals surface area contributed by atoms with E-state index in [1.165, 1.54) is 5.39 Å². The highest BCUT2D eigenvalue weighted by Gasteiger charge is 2.00. The summed E-state index contributed by atoms with van der Waals surface area (Å²) >= 11 is 0. The van der Waals surface area contributed by atoms with Crippen LogP contribution in [0.3, 0.4) is 0 Å². The fraction of sp³-hybridized carbons (Fsp3) is 0. The zero-order valence-corrected chi connectivity index (χ0v) is 9.18. The van der Waals surface area contributed by atoms with E-state index in [1.54, 1.807) is 0 Å². The minimum absolute atomic E-state index is 0.705. The van der Waals surface area contributed by atoms with Crippen LogP contribution in [0.2, 0.25) is 0 Å². The second kappa shape index (κ2) is 3.91. The average molecular weight is 221 g/mol. The molecule has 0 aliphatic carbocycles. The minimum atomic E-state index is 0.705. The monoisotopic (exact) mass is 221 g/mol. The number of aldehydes is 1. The van der Waals surface area contributed by atoms with Crippen LogP contribution in [-0.4, -0.2) is 11.3 Å². The third-order valence-corrected chi connectivity index (χ3v) is 2.93. The van der Waals surface area contributed by atoms with Crippen LogP contribution in [0.1, 0.15) is 10.4 Å². The summed E-state index contributed by atoms with van der Waals surface area (Å²) in [6.45, 7) is 0. The lowest BCUT2D eigenvalue weighted by Crippen LogP contribution is -1.81. The number of hydrogen-bond donors (Lipinski definition) is 1. The zero-order valence-electron chi connectivity index (χ0n) is 9.18. The van der Waals surface area contributed by atoms with Gasteiger partial charge in [0.2, 0.25) is 0 Å². The summed E-state index contributed by atoms with van der Waals surface area (Å²) in [5, 5.41) is 1.20. The topological polar surface area (TPSA) is 32.9 Å². The molecule has 0 atom stereocenters. The van der Waals surface area contributed by atoms with Crippen LogP contribution in [0.15, 0.2) is 54.7 Å². The molecule has 0 aliphatic heterocycles. The number of H-pyrrole nitrogens is 1. The largest absolute Gasteiger partial charge is 0.361 e. The fourth-order valence-corrected chi connectivity index (χ4v) is 1.99. The number of aromatic nitrogens is 1. The van der Waals surface area contributed by atoms with Crippen molar-refractivity contribution >= 4 is 17.2 Å². The standard InChI is InChI=1S/C15H11NO/c17-10-11-1-3-12(4-2-11)13-5-6-15-14(9-13)7-8-16-15/h1-10,16H. The number of carbonyl (C=O) groups is 1. The Kier molecular flexibility index (Phi) is 2.26. The Morgan fingerprint density at radius 2 is 1.65 bits per heavy atom. The molecule has 0 bridgehead atoms. The van der Waals surface area contributed by atoms with Gasteiger partial charge in [-0.3, -0.25) is 4.79 Å². The zero-order chi connectivity index (χ0) is 11.7. The second-order valence-corrected chi connectivity index (χ2v) is 4.02. The summed E-state index contributed by atoms with van der Waals surface area (Å²) < 4.78 is 0. The van der Waals surface area contributed by atoms with E-state index in [0.29, 0.717) is 5.56 Å². The first kappa shape index (κ1) is 9.85. The van der Waals surface area contributed by atoms with Gasteiger partial charge in [0.25, 0.3) is 0 Å². The maximum absolute atomic E-state index is 10.6. The van der Waals surface area contributed by atoms with Crippen LogP contribution >= 0.6 is 0 Å². The summed E-state index contributed by atoms with van der Waals surface area (Å²) in [5.74, 6) is 0. The molecular formula is C15H11NO. The van der Waals surface area contributed by atoms with Gasteiger partial charge < -0.3 is 4.98 Å². The first-order valence-electron chi connectivity index (χ1n) is 5.49. The van der Waals surface area contributed by atoms with Gasteiger partial charge in [0, 0.05) is 17.3 Å². The van der Waals surface area contributed by atoms with Gasteiger partial charge in [0.05, 0.1) is 0 Å². The summed E-state index contributed by atoms with van der Waals surface area (Å²) in [6.07, 6.45) is 2.79. The number of hydrogen-bond acceptors (Lipinski definition) is 1. The molecule has 2 aromatic carbocycles. The molecule has 0 unspecified atom stereocenters. The molecule has 0 amide bonds. The third kappa shape index (κ3) is 1.74. The van der Waals surface area contributed by atoms with E-state index in [2.05, 4.69) is 29.2 Å². The van der Waals surface area contributed by atoms with Crippen molar-refractivity contribution < 1.29 is 4.79 Å². The van der Waals surface area contributed by atoms with Gasteiger partial charge in [-0.2, -0.15) is 0 Å². The Labute approximate surface area is 98.9 Å². The maximum Gasteiger partial charge on any atom is 0.150 e. The van der Waals surface area contributed by atoms with Crippen molar-refractivity contribution in [3.8, 4) is 11.1 Å². The normalized spacial score (nSPS) is 10.6. The smallest absolute Gasteiger partial charge is 0.150 e. The highest BCUT2D eigenvalue weighted by molar-refractivity contribution is 5.85. The van der Waals surface area contributed by atoms with E-state index < -0.39 is 0 Å². The molecule has 1 aromatic heterocycles. The van der Waals surface area contributed by atoms with Crippen LogP contribution in [0.4, 0.5) is 0 Å². The first-order valence-corrected chi connectivity index (χ1v) is 5.49. The molecule has 0 saturated heterocycles. The molecule has 0 radical (unpaired) electrons. The van der Waals surface area contributed by atoms with Crippen molar-refractivity contribution in [3.05, 3.63) is 60.3 Å². The number of aromatic amines is 1. The molecule has 2 heteroatoms. The molecule has 3 rings (SSSR count). The molecule has 1 N–H and O–H groups in total. The Morgan fingerprint density at radius 3 is 2.41 bits per heavy atom. The Hall–Kier alpha value is -2.35. The molecule has 0 aliphatic rings. The molecule has 1 heterocycles. The van der Waals surface area contributed by atoms with Crippen molar-refractivity contribution in [1.82, 2.24) is 4.98 Å². The second-order valence-electron chi connectivity index (χ2n) is 4.02. The Balaban J connectivity index is 2.09. The van der Waals surface area contributed by atoms with E-state index in [9.17, 15) is 4.79 Å². The quantitative estimate of drug-likeness (QED) is 0.658. The molecule has 2 nitrogen and oxygen atoms in total. The van der Waals surface area contributed by atoms with Crippen LogP contribution in [0, 0.1) is 0 Å². The highest BCUT2D eigenvalue weighted by Crippen LogP contribution is 2.23. The van der Waals surface area contributed by atoms with Crippen LogP contribution < -0.4 is 0 Å². The number of nitrogens with one attached hydrogen (secondary N) is 1. The van der Waals surface area contributed by atoms with E-state index >= 15 is 0 Å². The molecular weight excluding hydrogens is 210 g/mol. The molecule has 82 valence electrons. The van der Waals surface area contributed by atoms with Gasteiger partial charge in [-0.05, 0) is 34.7 Å². The van der Waals surface area contributed by atoms with Gasteiger partial charge in [-0.15, -0.1) is 0 Å². The van der Waals surface area contributed by atoms with Gasteiger partial charge in [-0.1, -0.05) is 30.3 Å². The highest BCUT2D eigenvalue weighted by atomic mass is 16.1. The lowest BCUT2D eigenvalue weighted by atomic mass is 10.0. The van der Waals surface area contributed by atoms with Gasteiger partial charge in [-0.25, -0.2) is 0 Å². The Morgan fingerprint density at radius 1 is 0.882 bits per heavy atom. The van der Waals surface area contributed by atoms with Crippen molar-refractivity contribution in [2.24, 2.45) is 0 Å². The summed E-state index contributed by atoms with van der Waals surface area (Å²) in [6, 6.07) is 16.0. The number of fused-ring (bicyclic) bond motifs is 1. The molecule has 0 saturated carbocycles. The third-order valence-electron chi connectivity index (χ3n) is 2.93.